The summed E-state index contributed by atoms with van der Waals surface area (Å²) in [5.74, 6) is -4.93. The Morgan fingerprint density at radius 3 is 1.11 bits per heavy atom. The van der Waals surface area contributed by atoms with Crippen molar-refractivity contribution in [3.05, 3.63) is 255 Å². The molecular weight excluding hydrogens is 1580 g/mol. The minimum absolute atomic E-state index is 0.0386. The van der Waals surface area contributed by atoms with Crippen molar-refractivity contribution < 1.29 is 47.0 Å². The number of aromatic carboxylic acids is 2. The number of carbonyl (C=O) groups excluding carboxylic acids is 2. The molecule has 4 aromatic carbocycles. The molecule has 0 radical (unpaired) electrons. The fourth-order valence-corrected chi connectivity index (χ4v) is 27.5. The van der Waals surface area contributed by atoms with Crippen LogP contribution >= 0.6 is 15.9 Å². The van der Waals surface area contributed by atoms with Crippen LogP contribution in [0, 0.1) is 51.0 Å². The molecule has 110 heavy (non-hydrogen) atoms. The third-order valence-electron chi connectivity index (χ3n) is 17.6. The van der Waals surface area contributed by atoms with Crippen LogP contribution in [-0.2, 0) is 0 Å². The minimum Gasteiger partial charge on any atom is -0.478 e. The van der Waals surface area contributed by atoms with Gasteiger partial charge in [0.05, 0.1) is 51.4 Å². The van der Waals surface area contributed by atoms with Gasteiger partial charge < -0.3 is 20.8 Å². The number of hydrogen-bond acceptors (Lipinski definition) is 16. The maximum Gasteiger partial charge on any atom is 0.338 e. The van der Waals surface area contributed by atoms with E-state index in [1.807, 2.05) is 58.2 Å². The molecular formula is C82H87BrF4N16O6Sn. The van der Waals surface area contributed by atoms with Gasteiger partial charge in [0, 0.05) is 39.8 Å². The van der Waals surface area contributed by atoms with Crippen molar-refractivity contribution in [3.63, 3.8) is 0 Å². The summed E-state index contributed by atoms with van der Waals surface area (Å²) < 4.78 is 65.5. The minimum atomic E-state index is -2.21. The molecule has 4 N–H and O–H groups in total. The smallest absolute Gasteiger partial charge is 0.338 e. The van der Waals surface area contributed by atoms with E-state index in [-0.39, 0.29) is 46.0 Å². The Morgan fingerprint density at radius 2 is 0.773 bits per heavy atom. The van der Waals surface area contributed by atoms with E-state index < -0.39 is 65.4 Å². The Balaban J connectivity index is 0.000000180. The Hall–Kier alpha value is -11.2. The van der Waals surface area contributed by atoms with E-state index in [1.54, 1.807) is 126 Å². The van der Waals surface area contributed by atoms with Crippen LogP contribution in [-0.4, -0.2) is 123 Å². The van der Waals surface area contributed by atoms with Crippen LogP contribution in [0.25, 0.3) is 56.8 Å². The zero-order valence-electron chi connectivity index (χ0n) is 63.0. The number of pyridine rings is 6. The zero-order valence-corrected chi connectivity index (χ0v) is 67.5. The molecule has 12 rings (SSSR count). The van der Waals surface area contributed by atoms with Crippen LogP contribution in [0.3, 0.4) is 0 Å². The molecule has 0 bridgehead atoms. The number of anilines is 2. The number of aromatic nitrogens is 14. The van der Waals surface area contributed by atoms with Crippen molar-refractivity contribution in [2.75, 3.05) is 10.6 Å². The third-order valence-corrected chi connectivity index (χ3v) is 33.6. The number of rotatable bonds is 23. The van der Waals surface area contributed by atoms with Crippen molar-refractivity contribution >= 4 is 73.4 Å². The predicted molar refractivity (Wildman–Crippen MR) is 423 cm³/mol. The molecule has 0 aliphatic carbocycles. The number of carboxylic acids is 2. The van der Waals surface area contributed by atoms with E-state index in [1.165, 1.54) is 100 Å². The maximum atomic E-state index is 14.6. The summed E-state index contributed by atoms with van der Waals surface area (Å²) in [6, 6.07) is 43.7. The number of amides is 2. The van der Waals surface area contributed by atoms with E-state index in [0.717, 1.165) is 0 Å². The molecule has 0 atom stereocenters. The summed E-state index contributed by atoms with van der Waals surface area (Å²) in [6.07, 6.45) is 15.2. The first-order valence-corrected chi connectivity index (χ1v) is 44.2. The summed E-state index contributed by atoms with van der Waals surface area (Å²) in [5.41, 5.74) is 6.83. The first-order valence-electron chi connectivity index (χ1n) is 35.9. The van der Waals surface area contributed by atoms with E-state index in [4.69, 9.17) is 15.2 Å². The third kappa shape index (κ3) is 22.7. The van der Waals surface area contributed by atoms with Gasteiger partial charge in [-0.2, -0.15) is 0 Å². The fourth-order valence-electron chi connectivity index (χ4n) is 11.8. The molecule has 2 amide bonds. The van der Waals surface area contributed by atoms with Crippen molar-refractivity contribution in [1.29, 1.82) is 0 Å². The van der Waals surface area contributed by atoms with E-state index >= 15 is 0 Å². The van der Waals surface area contributed by atoms with Crippen molar-refractivity contribution in [1.82, 2.24) is 70.3 Å². The molecule has 22 nitrogen and oxygen atoms in total. The largest absolute Gasteiger partial charge is 0.478 e. The molecule has 0 saturated heterocycles. The van der Waals surface area contributed by atoms with Gasteiger partial charge in [-0.3, -0.25) is 24.5 Å². The van der Waals surface area contributed by atoms with Crippen LogP contribution in [0.15, 0.2) is 187 Å². The van der Waals surface area contributed by atoms with Crippen LogP contribution in [0.5, 0.6) is 0 Å². The van der Waals surface area contributed by atoms with E-state index in [9.17, 15) is 36.7 Å². The van der Waals surface area contributed by atoms with Crippen molar-refractivity contribution in [3.8, 4) is 56.8 Å². The van der Waals surface area contributed by atoms with Gasteiger partial charge in [0.15, 0.2) is 0 Å². The van der Waals surface area contributed by atoms with Crippen LogP contribution in [0.1, 0.15) is 163 Å². The van der Waals surface area contributed by atoms with E-state index in [2.05, 4.69) is 122 Å². The molecule has 0 fully saturated rings. The average Bonchev–Trinajstić information content (AvgIpc) is 1.19. The second-order valence-electron chi connectivity index (χ2n) is 26.4. The van der Waals surface area contributed by atoms with Gasteiger partial charge in [-0.05, 0) is 208 Å². The number of carboxylic acid groups (broad SMARTS) is 2. The topological polar surface area (TPSA) is 297 Å². The number of aryl methyl sites for hydroxylation is 4. The summed E-state index contributed by atoms with van der Waals surface area (Å²) in [5, 5.41) is 46.1. The molecule has 0 unspecified atom stereocenters. The number of halogens is 5. The Labute approximate surface area is 648 Å². The molecule has 8 heterocycles. The second-order valence-corrected chi connectivity index (χ2v) is 40.3. The first-order chi connectivity index (χ1) is 52.8. The summed E-state index contributed by atoms with van der Waals surface area (Å²) >= 11 is 0.912. The van der Waals surface area contributed by atoms with Crippen molar-refractivity contribution in [2.45, 2.75) is 140 Å². The van der Waals surface area contributed by atoms with Gasteiger partial charge in [0.2, 0.25) is 11.6 Å². The maximum absolute atomic E-state index is 14.6. The number of carbonyl (C=O) groups is 4. The van der Waals surface area contributed by atoms with Crippen LogP contribution in [0.4, 0.5) is 29.2 Å². The summed E-state index contributed by atoms with van der Waals surface area (Å²) in [4.78, 5) is 73.3. The molecule has 12 aromatic rings. The monoisotopic (exact) mass is 1670 g/mol. The first kappa shape index (κ1) is 84.4. The second kappa shape index (κ2) is 40.8. The number of hydrogen-bond donors (Lipinski definition) is 4. The number of tetrazole rings is 2. The van der Waals surface area contributed by atoms with Crippen LogP contribution in [0.2, 0.25) is 13.3 Å². The molecule has 0 aliphatic heterocycles. The Bertz CT molecular complexity index is 4870. The average molecular weight is 1670 g/mol. The Kier molecular flexibility index (Phi) is 31.3. The number of nitrogens with one attached hydrogen (secondary N) is 2. The molecule has 0 saturated carbocycles. The summed E-state index contributed by atoms with van der Waals surface area (Å²) in [7, 11) is 0. The molecule has 570 valence electrons. The normalized spacial score (nSPS) is 10.9. The standard InChI is InChI=1S/2C22H20FN7O.C13H10FNO2.C8H6BrFO2.C5H4N.3C4H9.Sn/c2*1-13(2)30-21(27-28-29-30)19-8-6-9-20(25-19)26-22(31)16-12-15(14(3)11-17(16)23)18-7-4-5-10-24-18;1-8-6-11(14)10(13(16)17)7-9(8)12-4-2-3-5-15-12;1-4-2-7(10)5(8(11)12)3-6(4)9;1-2-4-6-5-3-1;3*1-3-4-2;/h2*4-13H,1-3H3,(H,25,26,31);2-7H,1H3,(H,16,17);2-3H,1H3,(H,11,12);1-4H;3*1,3-4H2,2H3;. The number of unbranched alkanes of at least 4 members (excludes halogenated alkanes) is 3. The SMILES string of the molecule is CCC[CH2][Sn]([CH2]CCC)([CH2]CCC)[c]1ccccn1.Cc1cc(F)c(C(=O)Nc2cccc(-c3nnnn3C(C)C)n2)cc1-c1ccccn1.Cc1cc(F)c(C(=O)Nc2cccc(-c3nnnn3C(C)C)n2)cc1-c1ccccn1.Cc1cc(F)c(C(=O)O)cc1-c1ccccn1.Cc1cc(F)c(C(=O)O)cc1Br. The van der Waals surface area contributed by atoms with Gasteiger partial charge in [-0.1, -0.05) is 46.3 Å². The quantitative estimate of drug-likeness (QED) is 0.0342. The fraction of sp³-hybridized carbons (Fsp3) is 0.268. The van der Waals surface area contributed by atoms with E-state index in [0.29, 0.717) is 83.5 Å². The molecule has 0 spiro atoms. The number of benzene rings is 4. The van der Waals surface area contributed by atoms with Gasteiger partial charge in [0.25, 0.3) is 11.8 Å². The van der Waals surface area contributed by atoms with Gasteiger partial charge >= 0.3 is 136 Å². The van der Waals surface area contributed by atoms with Crippen molar-refractivity contribution in [2.24, 2.45) is 0 Å². The number of nitrogens with zero attached hydrogens (tertiary/aromatic N) is 14. The predicted octanol–water partition coefficient (Wildman–Crippen LogP) is 18.8. The summed E-state index contributed by atoms with van der Waals surface area (Å²) in [6.45, 7) is 21.7. The molecule has 28 heteroatoms. The van der Waals surface area contributed by atoms with Gasteiger partial charge in [-0.25, -0.2) is 46.5 Å². The van der Waals surface area contributed by atoms with Gasteiger partial charge in [-0.15, -0.1) is 10.2 Å². The van der Waals surface area contributed by atoms with Crippen LogP contribution < -0.4 is 14.3 Å². The Morgan fingerprint density at radius 1 is 0.436 bits per heavy atom. The van der Waals surface area contributed by atoms with Gasteiger partial charge in [0.1, 0.15) is 46.3 Å². The zero-order chi connectivity index (χ0) is 79.6. The molecule has 8 aromatic heterocycles. The molecule has 0 aliphatic rings.